The smallest absolute Gasteiger partial charge is 0.127 e. The average molecular weight is 378 g/mol. The number of nitrogens with zero attached hydrogens (tertiary/aromatic N) is 2. The maximum absolute atomic E-state index is 6.23. The van der Waals surface area contributed by atoms with Gasteiger partial charge in [0.2, 0.25) is 0 Å². The molecule has 0 amide bonds. The second-order valence-corrected chi connectivity index (χ2v) is 6.89. The van der Waals surface area contributed by atoms with Crippen molar-refractivity contribution in [3.63, 3.8) is 0 Å². The zero-order chi connectivity index (χ0) is 18.8. The minimum atomic E-state index is 0.0592. The highest BCUT2D eigenvalue weighted by Gasteiger charge is 2.31. The quantitative estimate of drug-likeness (QED) is 0.629. The van der Waals surface area contributed by atoms with Gasteiger partial charge >= 0.3 is 0 Å². The number of nitrogens with two attached hydrogens (primary N) is 1. The van der Waals surface area contributed by atoms with Crippen molar-refractivity contribution < 1.29 is 4.74 Å². The van der Waals surface area contributed by atoms with Crippen LogP contribution in [0.3, 0.4) is 0 Å². The Morgan fingerprint density at radius 3 is 2.56 bits per heavy atom. The highest BCUT2D eigenvalue weighted by Crippen LogP contribution is 2.38. The number of methoxy groups -OCH3 is 1. The van der Waals surface area contributed by atoms with E-state index < -0.39 is 0 Å². The number of hydrazone groups is 1. The van der Waals surface area contributed by atoms with E-state index >= 15 is 0 Å². The Labute approximate surface area is 163 Å². The van der Waals surface area contributed by atoms with E-state index in [0.717, 1.165) is 40.4 Å². The molecule has 27 heavy (non-hydrogen) atoms. The SMILES string of the molecule is COc1ccccc1C1=NN(c2cccc(Cl)c2)C(c2ccc(N)cc2)C1. The van der Waals surface area contributed by atoms with Crippen molar-refractivity contribution >= 4 is 28.7 Å². The van der Waals surface area contributed by atoms with E-state index in [1.54, 1.807) is 7.11 Å². The molecule has 1 atom stereocenters. The van der Waals surface area contributed by atoms with Gasteiger partial charge in [-0.1, -0.05) is 41.9 Å². The van der Waals surface area contributed by atoms with Crippen LogP contribution in [-0.4, -0.2) is 12.8 Å². The molecule has 3 aromatic rings. The standard InChI is InChI=1S/C22H20ClN3O/c1-27-22-8-3-2-7-19(22)20-14-21(15-9-11-17(24)12-10-15)26(25-20)18-6-4-5-16(23)13-18/h2-13,21H,14,24H2,1H3. The van der Waals surface area contributed by atoms with Gasteiger partial charge in [0.05, 0.1) is 24.6 Å². The second-order valence-electron chi connectivity index (χ2n) is 6.46. The number of anilines is 2. The Morgan fingerprint density at radius 1 is 1.04 bits per heavy atom. The van der Waals surface area contributed by atoms with Gasteiger partial charge in [-0.25, -0.2) is 0 Å². The van der Waals surface area contributed by atoms with E-state index in [1.807, 2.05) is 65.7 Å². The number of hydrogen-bond acceptors (Lipinski definition) is 4. The molecule has 0 bridgehead atoms. The molecule has 4 nitrogen and oxygen atoms in total. The first-order valence-corrected chi connectivity index (χ1v) is 9.14. The number of hydrogen-bond donors (Lipinski definition) is 1. The fourth-order valence-corrected chi connectivity index (χ4v) is 3.58. The summed E-state index contributed by atoms with van der Waals surface area (Å²) < 4.78 is 5.54. The van der Waals surface area contributed by atoms with Gasteiger partial charge in [0, 0.05) is 22.7 Å². The first-order valence-electron chi connectivity index (χ1n) is 8.77. The van der Waals surface area contributed by atoms with Crippen molar-refractivity contribution in [1.82, 2.24) is 0 Å². The molecule has 4 rings (SSSR count). The van der Waals surface area contributed by atoms with Crippen LogP contribution in [0.2, 0.25) is 5.02 Å². The molecule has 3 aromatic carbocycles. The van der Waals surface area contributed by atoms with Crippen molar-refractivity contribution in [3.8, 4) is 5.75 Å². The van der Waals surface area contributed by atoms with Crippen molar-refractivity contribution in [2.75, 3.05) is 17.9 Å². The van der Waals surface area contributed by atoms with Crippen molar-refractivity contribution in [2.45, 2.75) is 12.5 Å². The Bertz CT molecular complexity index is 985. The number of halogens is 1. The third-order valence-corrected chi connectivity index (χ3v) is 4.96. The summed E-state index contributed by atoms with van der Waals surface area (Å²) in [4.78, 5) is 0. The summed E-state index contributed by atoms with van der Waals surface area (Å²) in [6.07, 6.45) is 0.761. The summed E-state index contributed by atoms with van der Waals surface area (Å²) >= 11 is 6.23. The molecule has 0 spiro atoms. The van der Waals surface area contributed by atoms with E-state index in [1.165, 1.54) is 0 Å². The van der Waals surface area contributed by atoms with E-state index in [2.05, 4.69) is 12.1 Å². The Hall–Kier alpha value is -2.98. The van der Waals surface area contributed by atoms with Crippen LogP contribution in [0.25, 0.3) is 0 Å². The number of rotatable bonds is 4. The number of para-hydroxylation sites is 1. The van der Waals surface area contributed by atoms with Gasteiger partial charge in [0.1, 0.15) is 5.75 Å². The maximum Gasteiger partial charge on any atom is 0.127 e. The van der Waals surface area contributed by atoms with E-state index in [-0.39, 0.29) is 6.04 Å². The summed E-state index contributed by atoms with van der Waals surface area (Å²) in [6, 6.07) is 23.7. The molecule has 136 valence electrons. The summed E-state index contributed by atoms with van der Waals surface area (Å²) in [6.45, 7) is 0. The van der Waals surface area contributed by atoms with Crippen LogP contribution in [-0.2, 0) is 0 Å². The normalized spacial score (nSPS) is 16.3. The number of benzene rings is 3. The van der Waals surface area contributed by atoms with E-state index in [0.29, 0.717) is 5.02 Å². The first kappa shape index (κ1) is 17.4. The molecule has 0 aromatic heterocycles. The lowest BCUT2D eigenvalue weighted by molar-refractivity contribution is 0.414. The lowest BCUT2D eigenvalue weighted by Gasteiger charge is -2.24. The van der Waals surface area contributed by atoms with E-state index in [9.17, 15) is 0 Å². The third-order valence-electron chi connectivity index (χ3n) is 4.72. The largest absolute Gasteiger partial charge is 0.496 e. The van der Waals surface area contributed by atoms with Crippen LogP contribution in [0.1, 0.15) is 23.6 Å². The topological polar surface area (TPSA) is 50.8 Å². The molecule has 1 unspecified atom stereocenters. The van der Waals surface area contributed by atoms with Gasteiger partial charge in [0.25, 0.3) is 0 Å². The zero-order valence-electron chi connectivity index (χ0n) is 15.0. The van der Waals surface area contributed by atoms with Crippen molar-refractivity contribution in [1.29, 1.82) is 0 Å². The van der Waals surface area contributed by atoms with Gasteiger partial charge in [-0.3, -0.25) is 5.01 Å². The van der Waals surface area contributed by atoms with Crippen LogP contribution < -0.4 is 15.5 Å². The van der Waals surface area contributed by atoms with Crippen LogP contribution in [0.4, 0.5) is 11.4 Å². The average Bonchev–Trinajstić information content (AvgIpc) is 3.14. The predicted octanol–water partition coefficient (Wildman–Crippen LogP) is 5.29. The van der Waals surface area contributed by atoms with Crippen LogP contribution >= 0.6 is 11.6 Å². The lowest BCUT2D eigenvalue weighted by Crippen LogP contribution is -2.18. The maximum atomic E-state index is 6.23. The van der Waals surface area contributed by atoms with Gasteiger partial charge in [0.15, 0.2) is 0 Å². The van der Waals surface area contributed by atoms with Gasteiger partial charge in [-0.2, -0.15) is 5.10 Å². The van der Waals surface area contributed by atoms with Gasteiger partial charge in [-0.05, 0) is 48.0 Å². The molecular formula is C22H20ClN3O. The molecule has 5 heteroatoms. The number of nitrogen functional groups attached to an aromatic ring is 1. The van der Waals surface area contributed by atoms with Crippen LogP contribution in [0, 0.1) is 0 Å². The van der Waals surface area contributed by atoms with Gasteiger partial charge in [-0.15, -0.1) is 0 Å². The summed E-state index contributed by atoms with van der Waals surface area (Å²) in [5.41, 5.74) is 10.7. The summed E-state index contributed by atoms with van der Waals surface area (Å²) in [5, 5.41) is 7.65. The monoisotopic (exact) mass is 377 g/mol. The van der Waals surface area contributed by atoms with Crippen molar-refractivity contribution in [3.05, 3.63) is 88.9 Å². The molecule has 0 saturated heterocycles. The fraction of sp³-hybridized carbons (Fsp3) is 0.136. The predicted molar refractivity (Wildman–Crippen MR) is 112 cm³/mol. The first-order chi connectivity index (χ1) is 13.2. The fourth-order valence-electron chi connectivity index (χ4n) is 3.39. The lowest BCUT2D eigenvalue weighted by atomic mass is 9.97. The molecule has 1 aliphatic rings. The molecule has 1 aliphatic heterocycles. The molecule has 2 N–H and O–H groups in total. The second kappa shape index (κ2) is 7.33. The van der Waals surface area contributed by atoms with Crippen LogP contribution in [0.5, 0.6) is 5.75 Å². The van der Waals surface area contributed by atoms with E-state index in [4.69, 9.17) is 27.2 Å². The molecule has 0 radical (unpaired) electrons. The minimum Gasteiger partial charge on any atom is -0.496 e. The molecule has 1 heterocycles. The Kier molecular flexibility index (Phi) is 4.73. The molecule has 0 saturated carbocycles. The minimum absolute atomic E-state index is 0.0592. The molecule has 0 fully saturated rings. The Balaban J connectivity index is 1.79. The molecular weight excluding hydrogens is 358 g/mol. The Morgan fingerprint density at radius 2 is 1.81 bits per heavy atom. The zero-order valence-corrected chi connectivity index (χ0v) is 15.7. The highest BCUT2D eigenvalue weighted by molar-refractivity contribution is 6.30. The summed E-state index contributed by atoms with van der Waals surface area (Å²) in [7, 11) is 1.68. The number of ether oxygens (including phenoxy) is 1. The third kappa shape index (κ3) is 3.49. The van der Waals surface area contributed by atoms with Gasteiger partial charge < -0.3 is 10.5 Å². The molecule has 0 aliphatic carbocycles. The highest BCUT2D eigenvalue weighted by atomic mass is 35.5. The summed E-state index contributed by atoms with van der Waals surface area (Å²) in [5.74, 6) is 0.820. The van der Waals surface area contributed by atoms with Crippen molar-refractivity contribution in [2.24, 2.45) is 5.10 Å². The van der Waals surface area contributed by atoms with Crippen LogP contribution in [0.15, 0.2) is 77.9 Å².